The number of rotatable bonds is 5. The molecular formula is C17H20N6O2S. The van der Waals surface area contributed by atoms with E-state index in [1.54, 1.807) is 24.4 Å². The van der Waals surface area contributed by atoms with Gasteiger partial charge in [-0.05, 0) is 50.6 Å². The largest absolute Gasteiger partial charge is 0.324 e. The third-order valence-corrected chi connectivity index (χ3v) is 4.98. The molecule has 0 fully saturated rings. The minimum Gasteiger partial charge on any atom is -0.324 e. The summed E-state index contributed by atoms with van der Waals surface area (Å²) >= 11 is 0. The topological polar surface area (TPSA) is 113 Å². The first-order valence-electron chi connectivity index (χ1n) is 7.93. The van der Waals surface area contributed by atoms with Crippen LogP contribution in [-0.2, 0) is 9.84 Å². The monoisotopic (exact) mass is 372 g/mol. The van der Waals surface area contributed by atoms with Gasteiger partial charge in [0, 0.05) is 29.4 Å². The molecule has 26 heavy (non-hydrogen) atoms. The second kappa shape index (κ2) is 6.75. The predicted octanol–water partition coefficient (Wildman–Crippen LogP) is 3.02. The molecule has 3 rings (SSSR count). The van der Waals surface area contributed by atoms with Crippen LogP contribution in [-0.4, -0.2) is 34.8 Å². The molecule has 0 aliphatic heterocycles. The highest BCUT2D eigenvalue weighted by Crippen LogP contribution is 2.22. The molecular weight excluding hydrogens is 352 g/mol. The molecule has 0 atom stereocenters. The van der Waals surface area contributed by atoms with Crippen molar-refractivity contribution in [2.24, 2.45) is 0 Å². The Bertz CT molecular complexity index is 1060. The number of hydrogen-bond acceptors (Lipinski definition) is 7. The lowest BCUT2D eigenvalue weighted by atomic mass is 10.2. The minimum atomic E-state index is -3.30. The second-order valence-corrected chi connectivity index (χ2v) is 8.16. The zero-order chi connectivity index (χ0) is 18.9. The molecule has 9 heteroatoms. The average molecular weight is 372 g/mol. The summed E-state index contributed by atoms with van der Waals surface area (Å²) in [6.07, 6.45) is 2.79. The van der Waals surface area contributed by atoms with Gasteiger partial charge in [-0.25, -0.2) is 13.4 Å². The number of aromatic amines is 1. The van der Waals surface area contributed by atoms with Crippen molar-refractivity contribution >= 4 is 33.1 Å². The summed E-state index contributed by atoms with van der Waals surface area (Å²) in [4.78, 5) is 8.83. The van der Waals surface area contributed by atoms with Crippen molar-refractivity contribution in [1.29, 1.82) is 0 Å². The number of nitrogens with one attached hydrogen (secondary N) is 3. The number of anilines is 4. The fourth-order valence-electron chi connectivity index (χ4n) is 2.38. The fourth-order valence-corrected chi connectivity index (χ4v) is 3.12. The van der Waals surface area contributed by atoms with Crippen LogP contribution in [0.25, 0.3) is 0 Å². The van der Waals surface area contributed by atoms with Gasteiger partial charge in [0.2, 0.25) is 5.95 Å². The van der Waals surface area contributed by atoms with Crippen molar-refractivity contribution in [3.8, 4) is 0 Å². The van der Waals surface area contributed by atoms with Crippen LogP contribution in [0.1, 0.15) is 16.8 Å². The quantitative estimate of drug-likeness (QED) is 0.631. The van der Waals surface area contributed by atoms with E-state index >= 15 is 0 Å². The molecule has 0 radical (unpaired) electrons. The van der Waals surface area contributed by atoms with Crippen LogP contribution in [0.3, 0.4) is 0 Å². The molecule has 0 saturated heterocycles. The standard InChI is InChI=1S/C17H20N6O2S/c1-10-7-13(9-14(8-10)26(4,24)25)19-17-18-6-5-15(21-17)20-16-11(2)12(3)22-23-16/h5-9H,1-4H3,(H3,18,19,20,21,22,23). The zero-order valence-electron chi connectivity index (χ0n) is 15.0. The van der Waals surface area contributed by atoms with Crippen molar-refractivity contribution in [1.82, 2.24) is 20.2 Å². The predicted molar refractivity (Wildman–Crippen MR) is 101 cm³/mol. The Morgan fingerprint density at radius 1 is 1.08 bits per heavy atom. The summed E-state index contributed by atoms with van der Waals surface area (Å²) in [7, 11) is -3.30. The number of H-pyrrole nitrogens is 1. The molecule has 0 aliphatic rings. The summed E-state index contributed by atoms with van der Waals surface area (Å²) in [5, 5.41) is 13.3. The summed E-state index contributed by atoms with van der Waals surface area (Å²) < 4.78 is 23.6. The van der Waals surface area contributed by atoms with Crippen LogP contribution < -0.4 is 10.6 Å². The molecule has 2 aromatic heterocycles. The lowest BCUT2D eigenvalue weighted by Gasteiger charge is -2.10. The third-order valence-electron chi connectivity index (χ3n) is 3.89. The molecule has 136 valence electrons. The molecule has 0 aliphatic carbocycles. The van der Waals surface area contributed by atoms with Crippen LogP contribution >= 0.6 is 0 Å². The highest BCUT2D eigenvalue weighted by Gasteiger charge is 2.11. The van der Waals surface area contributed by atoms with E-state index in [1.807, 2.05) is 26.8 Å². The molecule has 3 aromatic rings. The fraction of sp³-hybridized carbons (Fsp3) is 0.235. The van der Waals surface area contributed by atoms with Crippen molar-refractivity contribution < 1.29 is 8.42 Å². The van der Waals surface area contributed by atoms with Crippen LogP contribution in [0, 0.1) is 20.8 Å². The number of benzene rings is 1. The Labute approximate surface area is 152 Å². The molecule has 0 bridgehead atoms. The maximum absolute atomic E-state index is 11.8. The van der Waals surface area contributed by atoms with Gasteiger partial charge in [0.1, 0.15) is 5.82 Å². The minimum absolute atomic E-state index is 0.247. The normalized spacial score (nSPS) is 11.4. The van der Waals surface area contributed by atoms with Crippen LogP contribution in [0.15, 0.2) is 35.4 Å². The van der Waals surface area contributed by atoms with Gasteiger partial charge < -0.3 is 10.6 Å². The number of aromatic nitrogens is 4. The summed E-state index contributed by atoms with van der Waals surface area (Å²) in [6.45, 7) is 5.74. The van der Waals surface area contributed by atoms with Crippen molar-refractivity contribution in [2.75, 3.05) is 16.9 Å². The Hall–Kier alpha value is -2.94. The van der Waals surface area contributed by atoms with Crippen LogP contribution in [0.5, 0.6) is 0 Å². The van der Waals surface area contributed by atoms with E-state index in [0.29, 0.717) is 23.3 Å². The van der Waals surface area contributed by atoms with E-state index in [2.05, 4.69) is 30.8 Å². The van der Waals surface area contributed by atoms with E-state index in [1.165, 1.54) is 6.26 Å². The number of nitrogens with zero attached hydrogens (tertiary/aromatic N) is 3. The first-order chi connectivity index (χ1) is 12.2. The summed E-state index contributed by atoms with van der Waals surface area (Å²) in [6, 6.07) is 6.75. The van der Waals surface area contributed by atoms with Gasteiger partial charge in [-0.1, -0.05) is 0 Å². The van der Waals surface area contributed by atoms with Gasteiger partial charge in [-0.15, -0.1) is 0 Å². The summed E-state index contributed by atoms with van der Waals surface area (Å²) in [5.74, 6) is 1.63. The zero-order valence-corrected chi connectivity index (χ0v) is 15.8. The van der Waals surface area contributed by atoms with E-state index in [9.17, 15) is 8.42 Å². The van der Waals surface area contributed by atoms with Crippen molar-refractivity contribution in [3.05, 3.63) is 47.3 Å². The van der Waals surface area contributed by atoms with Gasteiger partial charge in [0.15, 0.2) is 15.7 Å². The molecule has 0 saturated carbocycles. The molecule has 1 aromatic carbocycles. The number of aryl methyl sites for hydroxylation is 2. The van der Waals surface area contributed by atoms with Crippen molar-refractivity contribution in [2.45, 2.75) is 25.7 Å². The number of hydrogen-bond donors (Lipinski definition) is 3. The van der Waals surface area contributed by atoms with Gasteiger partial charge in [-0.2, -0.15) is 10.1 Å². The van der Waals surface area contributed by atoms with Crippen LogP contribution in [0.4, 0.5) is 23.3 Å². The van der Waals surface area contributed by atoms with Crippen molar-refractivity contribution in [3.63, 3.8) is 0 Å². The molecule has 8 nitrogen and oxygen atoms in total. The maximum atomic E-state index is 11.8. The van der Waals surface area contributed by atoms with E-state index in [4.69, 9.17) is 0 Å². The Morgan fingerprint density at radius 3 is 2.50 bits per heavy atom. The van der Waals surface area contributed by atoms with E-state index in [-0.39, 0.29) is 4.90 Å². The Kier molecular flexibility index (Phi) is 4.64. The molecule has 0 unspecified atom stereocenters. The maximum Gasteiger partial charge on any atom is 0.229 e. The second-order valence-electron chi connectivity index (χ2n) is 6.14. The summed E-state index contributed by atoms with van der Waals surface area (Å²) in [5.41, 5.74) is 3.42. The molecule has 2 heterocycles. The van der Waals surface area contributed by atoms with E-state index in [0.717, 1.165) is 16.8 Å². The Morgan fingerprint density at radius 2 is 1.85 bits per heavy atom. The van der Waals surface area contributed by atoms with Gasteiger partial charge in [0.05, 0.1) is 4.90 Å². The van der Waals surface area contributed by atoms with Crippen LogP contribution in [0.2, 0.25) is 0 Å². The average Bonchev–Trinajstić information content (AvgIpc) is 2.86. The smallest absolute Gasteiger partial charge is 0.229 e. The first-order valence-corrected chi connectivity index (χ1v) is 9.82. The Balaban J connectivity index is 1.85. The van der Waals surface area contributed by atoms with E-state index < -0.39 is 9.84 Å². The molecule has 0 amide bonds. The highest BCUT2D eigenvalue weighted by molar-refractivity contribution is 7.90. The lowest BCUT2D eigenvalue weighted by molar-refractivity contribution is 0.602. The number of sulfone groups is 1. The highest BCUT2D eigenvalue weighted by atomic mass is 32.2. The third kappa shape index (κ3) is 3.99. The first kappa shape index (κ1) is 17.9. The molecule has 0 spiro atoms. The SMILES string of the molecule is Cc1cc(Nc2nccc(Nc3n[nH]c(C)c3C)n2)cc(S(C)(=O)=O)c1. The van der Waals surface area contributed by atoms with Gasteiger partial charge in [0.25, 0.3) is 0 Å². The van der Waals surface area contributed by atoms with Gasteiger partial charge >= 0.3 is 0 Å². The van der Waals surface area contributed by atoms with Gasteiger partial charge in [-0.3, -0.25) is 5.10 Å². The molecule has 3 N–H and O–H groups in total. The lowest BCUT2D eigenvalue weighted by Crippen LogP contribution is -2.03.